The number of methoxy groups -OCH3 is 2. The van der Waals surface area contributed by atoms with Gasteiger partial charge >= 0.3 is 0 Å². The molecule has 0 saturated carbocycles. The molecule has 100 valence electrons. The molecule has 0 heterocycles. The van der Waals surface area contributed by atoms with Crippen LogP contribution in [-0.2, 0) is 0 Å². The molecule has 1 rings (SSSR count). The summed E-state index contributed by atoms with van der Waals surface area (Å²) in [5.41, 5.74) is 5.99. The molecule has 0 fully saturated rings. The molecule has 0 aliphatic carbocycles. The molecule has 0 saturated heterocycles. The molecule has 5 heteroatoms. The molecule has 1 aromatic rings. The van der Waals surface area contributed by atoms with E-state index < -0.39 is 0 Å². The molecular weight excluding hydrogens is 232 g/mol. The predicted octanol–water partition coefficient (Wildman–Crippen LogP) is 1.03. The van der Waals surface area contributed by atoms with Crippen molar-refractivity contribution in [1.29, 1.82) is 0 Å². The van der Waals surface area contributed by atoms with Crippen LogP contribution in [0.4, 0.5) is 0 Å². The van der Waals surface area contributed by atoms with Crippen molar-refractivity contribution in [2.24, 2.45) is 11.7 Å². The van der Waals surface area contributed by atoms with Crippen molar-refractivity contribution < 1.29 is 14.3 Å². The van der Waals surface area contributed by atoms with E-state index in [4.69, 9.17) is 15.2 Å². The molecule has 18 heavy (non-hydrogen) atoms. The van der Waals surface area contributed by atoms with Gasteiger partial charge in [-0.2, -0.15) is 0 Å². The standard InChI is InChI=1S/C13H20N2O3/c1-9(7-14)8-15-13(16)11-5-4-10(17-2)6-12(11)18-3/h4-6,9H,7-8,14H2,1-3H3,(H,15,16). The van der Waals surface area contributed by atoms with E-state index in [9.17, 15) is 4.79 Å². The highest BCUT2D eigenvalue weighted by Crippen LogP contribution is 2.24. The second-order valence-electron chi connectivity index (χ2n) is 4.12. The maximum absolute atomic E-state index is 12.0. The topological polar surface area (TPSA) is 73.6 Å². The third kappa shape index (κ3) is 3.63. The fourth-order valence-electron chi connectivity index (χ4n) is 1.43. The summed E-state index contributed by atoms with van der Waals surface area (Å²) >= 11 is 0. The summed E-state index contributed by atoms with van der Waals surface area (Å²) in [6, 6.07) is 5.09. The summed E-state index contributed by atoms with van der Waals surface area (Å²) in [5, 5.41) is 2.82. The minimum absolute atomic E-state index is 0.171. The lowest BCUT2D eigenvalue weighted by Gasteiger charge is -2.13. The van der Waals surface area contributed by atoms with Crippen LogP contribution in [0.25, 0.3) is 0 Å². The molecule has 5 nitrogen and oxygen atoms in total. The number of hydrogen-bond donors (Lipinski definition) is 2. The normalized spacial score (nSPS) is 11.8. The highest BCUT2D eigenvalue weighted by atomic mass is 16.5. The second kappa shape index (κ2) is 6.86. The summed E-state index contributed by atoms with van der Waals surface area (Å²) in [6.07, 6.45) is 0. The van der Waals surface area contributed by atoms with Crippen molar-refractivity contribution in [2.45, 2.75) is 6.92 Å². The quantitative estimate of drug-likeness (QED) is 0.793. The van der Waals surface area contributed by atoms with Gasteiger partial charge in [-0.3, -0.25) is 4.79 Å². The number of hydrogen-bond acceptors (Lipinski definition) is 4. The molecule has 3 N–H and O–H groups in total. The Hall–Kier alpha value is -1.75. The fourth-order valence-corrected chi connectivity index (χ4v) is 1.43. The van der Waals surface area contributed by atoms with E-state index >= 15 is 0 Å². The van der Waals surface area contributed by atoms with Gasteiger partial charge in [0.1, 0.15) is 11.5 Å². The minimum Gasteiger partial charge on any atom is -0.497 e. The van der Waals surface area contributed by atoms with Gasteiger partial charge in [-0.05, 0) is 24.6 Å². The van der Waals surface area contributed by atoms with Crippen molar-refractivity contribution in [3.05, 3.63) is 23.8 Å². The molecule has 0 aromatic heterocycles. The summed E-state index contributed by atoms with van der Waals surface area (Å²) < 4.78 is 10.3. The van der Waals surface area contributed by atoms with Crippen LogP contribution < -0.4 is 20.5 Å². The molecular formula is C13H20N2O3. The Bertz CT molecular complexity index is 407. The number of benzene rings is 1. The zero-order valence-corrected chi connectivity index (χ0v) is 11.0. The van der Waals surface area contributed by atoms with E-state index in [-0.39, 0.29) is 11.8 Å². The average molecular weight is 252 g/mol. The molecule has 1 atom stereocenters. The van der Waals surface area contributed by atoms with Gasteiger partial charge in [0.25, 0.3) is 5.91 Å². The summed E-state index contributed by atoms with van der Waals surface area (Å²) in [7, 11) is 3.09. The largest absolute Gasteiger partial charge is 0.497 e. The van der Waals surface area contributed by atoms with Crippen LogP contribution in [-0.4, -0.2) is 33.2 Å². The maximum Gasteiger partial charge on any atom is 0.255 e. The number of rotatable bonds is 6. The van der Waals surface area contributed by atoms with Gasteiger partial charge in [0.15, 0.2) is 0 Å². The lowest BCUT2D eigenvalue weighted by molar-refractivity contribution is 0.0945. The monoisotopic (exact) mass is 252 g/mol. The van der Waals surface area contributed by atoms with Crippen LogP contribution in [0.5, 0.6) is 11.5 Å². The van der Waals surface area contributed by atoms with Crippen molar-refractivity contribution in [2.75, 3.05) is 27.3 Å². The lowest BCUT2D eigenvalue weighted by Crippen LogP contribution is -2.31. The zero-order valence-electron chi connectivity index (χ0n) is 11.0. The van der Waals surface area contributed by atoms with Crippen LogP contribution >= 0.6 is 0 Å². The van der Waals surface area contributed by atoms with Gasteiger partial charge in [-0.1, -0.05) is 6.92 Å². The SMILES string of the molecule is COc1ccc(C(=O)NCC(C)CN)c(OC)c1. The highest BCUT2D eigenvalue weighted by Gasteiger charge is 2.13. The Morgan fingerprint density at radius 3 is 2.67 bits per heavy atom. The number of nitrogens with two attached hydrogens (primary N) is 1. The molecule has 0 bridgehead atoms. The molecule has 1 amide bonds. The Balaban J connectivity index is 2.78. The third-order valence-electron chi connectivity index (χ3n) is 2.67. The third-order valence-corrected chi connectivity index (χ3v) is 2.67. The first-order valence-electron chi connectivity index (χ1n) is 5.82. The predicted molar refractivity (Wildman–Crippen MR) is 70.1 cm³/mol. The smallest absolute Gasteiger partial charge is 0.255 e. The van der Waals surface area contributed by atoms with Gasteiger partial charge in [0.2, 0.25) is 0 Å². The van der Waals surface area contributed by atoms with Gasteiger partial charge in [0.05, 0.1) is 19.8 Å². The summed E-state index contributed by atoms with van der Waals surface area (Å²) in [4.78, 5) is 12.0. The second-order valence-corrected chi connectivity index (χ2v) is 4.12. The van der Waals surface area contributed by atoms with Gasteiger partial charge < -0.3 is 20.5 Å². The Morgan fingerprint density at radius 2 is 2.11 bits per heavy atom. The van der Waals surface area contributed by atoms with Crippen LogP contribution in [0.1, 0.15) is 17.3 Å². The van der Waals surface area contributed by atoms with E-state index in [1.165, 1.54) is 7.11 Å². The summed E-state index contributed by atoms with van der Waals surface area (Å²) in [6.45, 7) is 3.07. The van der Waals surface area contributed by atoms with Gasteiger partial charge in [-0.25, -0.2) is 0 Å². The highest BCUT2D eigenvalue weighted by molar-refractivity contribution is 5.97. The number of nitrogens with one attached hydrogen (secondary N) is 1. The average Bonchev–Trinajstić information content (AvgIpc) is 2.43. The van der Waals surface area contributed by atoms with Crippen molar-refractivity contribution in [3.8, 4) is 11.5 Å². The first-order valence-corrected chi connectivity index (χ1v) is 5.82. The Labute approximate surface area is 107 Å². The van der Waals surface area contributed by atoms with Crippen LogP contribution in [0.3, 0.4) is 0 Å². The fraction of sp³-hybridized carbons (Fsp3) is 0.462. The number of carbonyl (C=O) groups is 1. The van der Waals surface area contributed by atoms with E-state index in [1.54, 1.807) is 25.3 Å². The van der Waals surface area contributed by atoms with E-state index in [2.05, 4.69) is 5.32 Å². The number of amides is 1. The first-order chi connectivity index (χ1) is 8.62. The summed E-state index contributed by atoms with van der Waals surface area (Å²) in [5.74, 6) is 1.22. The Morgan fingerprint density at radius 1 is 1.39 bits per heavy atom. The maximum atomic E-state index is 12.0. The molecule has 0 radical (unpaired) electrons. The lowest BCUT2D eigenvalue weighted by atomic mass is 10.1. The van der Waals surface area contributed by atoms with Crippen LogP contribution in [0.15, 0.2) is 18.2 Å². The van der Waals surface area contributed by atoms with E-state index in [0.717, 1.165) is 0 Å². The number of carbonyl (C=O) groups excluding carboxylic acids is 1. The number of ether oxygens (including phenoxy) is 2. The molecule has 1 aromatic carbocycles. The van der Waals surface area contributed by atoms with E-state index in [1.807, 2.05) is 6.92 Å². The Kier molecular flexibility index (Phi) is 5.45. The molecule has 0 spiro atoms. The van der Waals surface area contributed by atoms with Gasteiger partial charge in [-0.15, -0.1) is 0 Å². The van der Waals surface area contributed by atoms with Crippen molar-refractivity contribution in [3.63, 3.8) is 0 Å². The van der Waals surface area contributed by atoms with Crippen LogP contribution in [0, 0.1) is 5.92 Å². The minimum atomic E-state index is -0.171. The van der Waals surface area contributed by atoms with Crippen LogP contribution in [0.2, 0.25) is 0 Å². The molecule has 0 aliphatic heterocycles. The van der Waals surface area contributed by atoms with Crippen molar-refractivity contribution in [1.82, 2.24) is 5.32 Å². The first kappa shape index (κ1) is 14.3. The van der Waals surface area contributed by atoms with Gasteiger partial charge in [0, 0.05) is 12.6 Å². The van der Waals surface area contributed by atoms with Crippen molar-refractivity contribution >= 4 is 5.91 Å². The molecule has 1 unspecified atom stereocenters. The molecule has 0 aliphatic rings. The zero-order chi connectivity index (χ0) is 13.5. The van der Waals surface area contributed by atoms with E-state index in [0.29, 0.717) is 30.2 Å².